The SMILES string of the molecule is COc1ccc(CCNC(=O)C2CCN(c3nc4ccccc4n3Cc3ccc(F)cc3)CC2)cc1OC. The second-order valence-corrected chi connectivity index (χ2v) is 9.60. The molecule has 0 saturated carbocycles. The maximum absolute atomic E-state index is 13.4. The molecule has 1 amide bonds. The summed E-state index contributed by atoms with van der Waals surface area (Å²) in [6.45, 7) is 2.68. The summed E-state index contributed by atoms with van der Waals surface area (Å²) in [6.07, 6.45) is 2.25. The Hall–Kier alpha value is -4.07. The van der Waals surface area contributed by atoms with Gasteiger partial charge in [-0.25, -0.2) is 9.37 Å². The molecule has 2 heterocycles. The lowest BCUT2D eigenvalue weighted by atomic mass is 9.96. The van der Waals surface area contributed by atoms with Crippen molar-refractivity contribution in [1.82, 2.24) is 14.9 Å². The van der Waals surface area contributed by atoms with Gasteiger partial charge in [-0.2, -0.15) is 0 Å². The van der Waals surface area contributed by atoms with Gasteiger partial charge in [0.05, 0.1) is 31.8 Å². The number of aromatic nitrogens is 2. The molecule has 0 bridgehead atoms. The lowest BCUT2D eigenvalue weighted by Gasteiger charge is -2.32. The second kappa shape index (κ2) is 11.5. The maximum Gasteiger partial charge on any atom is 0.223 e. The highest BCUT2D eigenvalue weighted by Gasteiger charge is 2.27. The summed E-state index contributed by atoms with van der Waals surface area (Å²) in [5.74, 6) is 2.11. The Morgan fingerprint density at radius 3 is 2.42 bits per heavy atom. The molecule has 0 unspecified atom stereocenters. The summed E-state index contributed by atoms with van der Waals surface area (Å²) in [4.78, 5) is 20.1. The fourth-order valence-corrected chi connectivity index (χ4v) is 5.08. The molecule has 198 valence electrons. The number of carbonyl (C=O) groups excluding carboxylic acids is 1. The Morgan fingerprint density at radius 1 is 0.974 bits per heavy atom. The lowest BCUT2D eigenvalue weighted by molar-refractivity contribution is -0.125. The number of nitrogens with zero attached hydrogens (tertiary/aromatic N) is 3. The van der Waals surface area contributed by atoms with Crippen LogP contribution in [-0.2, 0) is 17.8 Å². The van der Waals surface area contributed by atoms with Crippen molar-refractivity contribution < 1.29 is 18.7 Å². The van der Waals surface area contributed by atoms with E-state index in [4.69, 9.17) is 14.5 Å². The Balaban J connectivity index is 1.20. The molecule has 1 saturated heterocycles. The summed E-state index contributed by atoms with van der Waals surface area (Å²) in [6, 6.07) is 20.5. The van der Waals surface area contributed by atoms with Gasteiger partial charge in [0.15, 0.2) is 11.5 Å². The molecule has 0 aliphatic carbocycles. The van der Waals surface area contributed by atoms with Gasteiger partial charge in [0, 0.05) is 25.6 Å². The number of para-hydroxylation sites is 2. The number of carbonyl (C=O) groups is 1. The minimum absolute atomic E-state index is 0.0217. The van der Waals surface area contributed by atoms with E-state index in [0.29, 0.717) is 24.6 Å². The topological polar surface area (TPSA) is 68.6 Å². The van der Waals surface area contributed by atoms with Crippen molar-refractivity contribution in [1.29, 1.82) is 0 Å². The number of hydrogen-bond acceptors (Lipinski definition) is 5. The predicted octanol–water partition coefficient (Wildman–Crippen LogP) is 4.82. The van der Waals surface area contributed by atoms with Crippen LogP contribution < -0.4 is 19.7 Å². The third-order valence-corrected chi connectivity index (χ3v) is 7.20. The highest BCUT2D eigenvalue weighted by Crippen LogP contribution is 2.29. The number of halogens is 1. The Kier molecular flexibility index (Phi) is 7.77. The number of hydrogen-bond donors (Lipinski definition) is 1. The number of amides is 1. The van der Waals surface area contributed by atoms with Gasteiger partial charge in [0.1, 0.15) is 5.82 Å². The maximum atomic E-state index is 13.4. The van der Waals surface area contributed by atoms with Crippen LogP contribution in [0.4, 0.5) is 10.3 Å². The number of benzene rings is 3. The van der Waals surface area contributed by atoms with E-state index in [-0.39, 0.29) is 17.6 Å². The molecule has 1 N–H and O–H groups in total. The van der Waals surface area contributed by atoms with E-state index < -0.39 is 0 Å². The van der Waals surface area contributed by atoms with Crippen molar-refractivity contribution in [3.05, 3.63) is 83.7 Å². The summed E-state index contributed by atoms with van der Waals surface area (Å²) >= 11 is 0. The molecule has 1 aliphatic heterocycles. The highest BCUT2D eigenvalue weighted by atomic mass is 19.1. The average Bonchev–Trinajstić information content (AvgIpc) is 3.32. The van der Waals surface area contributed by atoms with Crippen molar-refractivity contribution in [2.24, 2.45) is 5.92 Å². The zero-order valence-electron chi connectivity index (χ0n) is 21.8. The number of piperidine rings is 1. The summed E-state index contributed by atoms with van der Waals surface area (Å²) in [5.41, 5.74) is 4.07. The Morgan fingerprint density at radius 2 is 1.68 bits per heavy atom. The molecular formula is C30H33FN4O3. The third kappa shape index (κ3) is 5.59. The van der Waals surface area contributed by atoms with Gasteiger partial charge in [-0.1, -0.05) is 30.3 Å². The third-order valence-electron chi connectivity index (χ3n) is 7.20. The van der Waals surface area contributed by atoms with E-state index in [1.54, 1.807) is 14.2 Å². The summed E-state index contributed by atoms with van der Waals surface area (Å²) < 4.78 is 26.3. The number of fused-ring (bicyclic) bond motifs is 1. The van der Waals surface area contributed by atoms with Gasteiger partial charge < -0.3 is 24.3 Å². The normalized spacial score (nSPS) is 14.0. The number of anilines is 1. The fraction of sp³-hybridized carbons (Fsp3) is 0.333. The minimum Gasteiger partial charge on any atom is -0.493 e. The molecule has 5 rings (SSSR count). The standard InChI is InChI=1S/C30H33FN4O3/c1-37-27-12-9-21(19-28(27)38-2)13-16-32-29(36)23-14-17-34(18-15-23)30-33-25-5-3-4-6-26(25)35(30)20-22-7-10-24(31)11-8-22/h3-12,19,23H,13-18,20H2,1-2H3,(H,32,36). The fourth-order valence-electron chi connectivity index (χ4n) is 5.08. The van der Waals surface area contributed by atoms with Crippen LogP contribution in [0.25, 0.3) is 11.0 Å². The molecule has 1 fully saturated rings. The summed E-state index contributed by atoms with van der Waals surface area (Å²) in [7, 11) is 3.23. The van der Waals surface area contributed by atoms with Crippen LogP contribution in [0.2, 0.25) is 0 Å². The van der Waals surface area contributed by atoms with Crippen molar-refractivity contribution in [3.63, 3.8) is 0 Å². The first-order valence-electron chi connectivity index (χ1n) is 13.0. The predicted molar refractivity (Wildman–Crippen MR) is 146 cm³/mol. The van der Waals surface area contributed by atoms with Crippen molar-refractivity contribution in [3.8, 4) is 11.5 Å². The van der Waals surface area contributed by atoms with Crippen LogP contribution in [0.3, 0.4) is 0 Å². The zero-order chi connectivity index (χ0) is 26.5. The molecule has 38 heavy (non-hydrogen) atoms. The summed E-state index contributed by atoms with van der Waals surface area (Å²) in [5, 5.41) is 3.11. The molecule has 1 aliphatic rings. The lowest BCUT2D eigenvalue weighted by Crippen LogP contribution is -2.42. The molecule has 3 aromatic carbocycles. The molecule has 7 nitrogen and oxygen atoms in total. The van der Waals surface area contributed by atoms with Crippen LogP contribution in [0.1, 0.15) is 24.0 Å². The van der Waals surface area contributed by atoms with Crippen LogP contribution in [-0.4, -0.2) is 49.3 Å². The van der Waals surface area contributed by atoms with Gasteiger partial charge in [-0.15, -0.1) is 0 Å². The first kappa shape index (κ1) is 25.6. The van der Waals surface area contributed by atoms with Gasteiger partial charge in [0.2, 0.25) is 11.9 Å². The minimum atomic E-state index is -0.242. The van der Waals surface area contributed by atoms with E-state index in [1.807, 2.05) is 48.5 Å². The largest absolute Gasteiger partial charge is 0.493 e. The van der Waals surface area contributed by atoms with E-state index in [9.17, 15) is 9.18 Å². The highest BCUT2D eigenvalue weighted by molar-refractivity contribution is 5.80. The van der Waals surface area contributed by atoms with Gasteiger partial charge in [-0.05, 0) is 66.8 Å². The van der Waals surface area contributed by atoms with Crippen LogP contribution in [0.5, 0.6) is 11.5 Å². The molecule has 0 radical (unpaired) electrons. The van der Waals surface area contributed by atoms with Crippen molar-refractivity contribution in [2.45, 2.75) is 25.8 Å². The molecule has 0 atom stereocenters. The quantitative estimate of drug-likeness (QED) is 0.346. The van der Waals surface area contributed by atoms with E-state index in [2.05, 4.69) is 20.9 Å². The van der Waals surface area contributed by atoms with Gasteiger partial charge in [0.25, 0.3) is 0 Å². The number of rotatable bonds is 9. The number of methoxy groups -OCH3 is 2. The Labute approximate surface area is 222 Å². The van der Waals surface area contributed by atoms with Crippen LogP contribution in [0, 0.1) is 11.7 Å². The molecule has 8 heteroatoms. The number of imidazole rings is 1. The van der Waals surface area contributed by atoms with E-state index in [0.717, 1.165) is 60.5 Å². The van der Waals surface area contributed by atoms with Crippen molar-refractivity contribution >= 4 is 22.9 Å². The monoisotopic (exact) mass is 516 g/mol. The second-order valence-electron chi connectivity index (χ2n) is 9.60. The smallest absolute Gasteiger partial charge is 0.223 e. The first-order chi connectivity index (χ1) is 18.6. The Bertz CT molecular complexity index is 1390. The number of ether oxygens (including phenoxy) is 2. The first-order valence-corrected chi connectivity index (χ1v) is 13.0. The molecule has 1 aromatic heterocycles. The van der Waals surface area contributed by atoms with E-state index in [1.165, 1.54) is 12.1 Å². The molecule has 0 spiro atoms. The zero-order valence-corrected chi connectivity index (χ0v) is 21.8. The molecule has 4 aromatic rings. The number of nitrogens with one attached hydrogen (secondary N) is 1. The van der Waals surface area contributed by atoms with Crippen LogP contribution >= 0.6 is 0 Å². The van der Waals surface area contributed by atoms with Gasteiger partial charge >= 0.3 is 0 Å². The van der Waals surface area contributed by atoms with E-state index >= 15 is 0 Å². The van der Waals surface area contributed by atoms with Gasteiger partial charge in [-0.3, -0.25) is 4.79 Å². The van der Waals surface area contributed by atoms with Crippen LogP contribution in [0.15, 0.2) is 66.7 Å². The van der Waals surface area contributed by atoms with Crippen molar-refractivity contribution in [2.75, 3.05) is 38.8 Å². The average molecular weight is 517 g/mol. The molecular weight excluding hydrogens is 483 g/mol.